The van der Waals surface area contributed by atoms with Crippen molar-refractivity contribution in [3.8, 4) is 5.75 Å². The van der Waals surface area contributed by atoms with Crippen molar-refractivity contribution in [2.24, 2.45) is 0 Å². The fourth-order valence-electron chi connectivity index (χ4n) is 2.60. The van der Waals surface area contributed by atoms with Gasteiger partial charge in [-0.1, -0.05) is 41.9 Å². The van der Waals surface area contributed by atoms with E-state index in [4.69, 9.17) is 16.3 Å². The van der Waals surface area contributed by atoms with Crippen LogP contribution < -0.4 is 9.46 Å². The summed E-state index contributed by atoms with van der Waals surface area (Å²) in [5, 5.41) is 0.484. The Bertz CT molecular complexity index is 992. The van der Waals surface area contributed by atoms with Crippen LogP contribution in [0.2, 0.25) is 5.02 Å². The lowest BCUT2D eigenvalue weighted by molar-refractivity contribution is 0.209. The third kappa shape index (κ3) is 5.52. The van der Waals surface area contributed by atoms with Gasteiger partial charge in [-0.3, -0.25) is 0 Å². The molecule has 0 saturated carbocycles. The zero-order chi connectivity index (χ0) is 20.0. The molecule has 0 heterocycles. The highest BCUT2D eigenvalue weighted by molar-refractivity contribution is 7.98. The van der Waals surface area contributed by atoms with Crippen LogP contribution in [-0.2, 0) is 10.0 Å². The SMILES string of the molecule is CSc1ccc(OC(CNS(=O)(=O)c2ccc(Cl)cc2)c2ccccc2)cc1. The zero-order valence-corrected chi connectivity index (χ0v) is 17.6. The number of halogens is 1. The standard InChI is InChI=1S/C21H20ClNO3S2/c1-27-19-11-9-18(10-12-19)26-21(16-5-3-2-4-6-16)15-23-28(24,25)20-13-7-17(22)8-14-20/h2-14,21,23H,15H2,1H3. The molecular weight excluding hydrogens is 414 g/mol. The first-order valence-corrected chi connectivity index (χ1v) is 11.7. The lowest BCUT2D eigenvalue weighted by atomic mass is 10.1. The van der Waals surface area contributed by atoms with Crippen molar-refractivity contribution in [1.29, 1.82) is 0 Å². The van der Waals surface area contributed by atoms with Crippen molar-refractivity contribution in [3.63, 3.8) is 0 Å². The average molecular weight is 434 g/mol. The summed E-state index contributed by atoms with van der Waals surface area (Å²) in [5.41, 5.74) is 0.884. The van der Waals surface area contributed by atoms with Gasteiger partial charge in [0.1, 0.15) is 11.9 Å². The quantitative estimate of drug-likeness (QED) is 0.498. The van der Waals surface area contributed by atoms with Crippen molar-refractivity contribution < 1.29 is 13.2 Å². The molecule has 1 unspecified atom stereocenters. The van der Waals surface area contributed by atoms with Gasteiger partial charge in [-0.2, -0.15) is 0 Å². The third-order valence-electron chi connectivity index (χ3n) is 4.09. The topological polar surface area (TPSA) is 55.4 Å². The molecular formula is C21H20ClNO3S2. The first-order chi connectivity index (χ1) is 13.5. The maximum absolute atomic E-state index is 12.6. The molecule has 7 heteroatoms. The fraction of sp³-hybridized carbons (Fsp3) is 0.143. The Morgan fingerprint density at radius 3 is 2.21 bits per heavy atom. The molecule has 3 rings (SSSR count). The molecule has 4 nitrogen and oxygen atoms in total. The number of sulfonamides is 1. The molecule has 0 aliphatic heterocycles. The number of rotatable bonds is 8. The molecule has 0 aliphatic carbocycles. The summed E-state index contributed by atoms with van der Waals surface area (Å²) < 4.78 is 33.9. The summed E-state index contributed by atoms with van der Waals surface area (Å²) in [7, 11) is -3.68. The summed E-state index contributed by atoms with van der Waals surface area (Å²) in [5.74, 6) is 0.678. The molecule has 1 atom stereocenters. The maximum atomic E-state index is 12.6. The van der Waals surface area contributed by atoms with E-state index in [0.717, 1.165) is 10.5 Å². The van der Waals surface area contributed by atoms with Crippen LogP contribution in [0.1, 0.15) is 11.7 Å². The van der Waals surface area contributed by atoms with Gasteiger partial charge in [0.2, 0.25) is 10.0 Å². The van der Waals surface area contributed by atoms with Crippen molar-refractivity contribution in [1.82, 2.24) is 4.72 Å². The minimum Gasteiger partial charge on any atom is -0.484 e. The normalized spacial score (nSPS) is 12.5. The molecule has 0 aromatic heterocycles. The van der Waals surface area contributed by atoms with Gasteiger partial charge in [0, 0.05) is 9.92 Å². The number of nitrogens with one attached hydrogen (secondary N) is 1. The summed E-state index contributed by atoms with van der Waals surface area (Å²) >= 11 is 7.49. The molecule has 0 spiro atoms. The average Bonchev–Trinajstić information content (AvgIpc) is 2.72. The molecule has 3 aromatic carbocycles. The summed E-state index contributed by atoms with van der Waals surface area (Å²) in [6.07, 6.45) is 1.54. The summed E-state index contributed by atoms with van der Waals surface area (Å²) in [6, 6.07) is 23.3. The number of hydrogen-bond donors (Lipinski definition) is 1. The lowest BCUT2D eigenvalue weighted by Crippen LogP contribution is -2.30. The number of hydrogen-bond acceptors (Lipinski definition) is 4. The van der Waals surface area contributed by atoms with Crippen LogP contribution in [0.4, 0.5) is 0 Å². The van der Waals surface area contributed by atoms with Crippen LogP contribution in [0.25, 0.3) is 0 Å². The van der Waals surface area contributed by atoms with E-state index in [2.05, 4.69) is 4.72 Å². The van der Waals surface area contributed by atoms with E-state index in [1.165, 1.54) is 12.1 Å². The highest BCUT2D eigenvalue weighted by Gasteiger charge is 2.19. The molecule has 0 aliphatic rings. The van der Waals surface area contributed by atoms with Gasteiger partial charge >= 0.3 is 0 Å². The molecule has 146 valence electrons. The third-order valence-corrected chi connectivity index (χ3v) is 6.53. The second-order valence-corrected chi connectivity index (χ2v) is 9.08. The molecule has 0 fully saturated rings. The monoisotopic (exact) mass is 433 g/mol. The molecule has 3 aromatic rings. The summed E-state index contributed by atoms with van der Waals surface area (Å²) in [4.78, 5) is 1.29. The predicted molar refractivity (Wildman–Crippen MR) is 115 cm³/mol. The van der Waals surface area contributed by atoms with Crippen LogP contribution >= 0.6 is 23.4 Å². The van der Waals surface area contributed by atoms with Gasteiger partial charge in [-0.25, -0.2) is 13.1 Å². The first-order valence-electron chi connectivity index (χ1n) is 8.59. The van der Waals surface area contributed by atoms with Gasteiger partial charge in [-0.15, -0.1) is 11.8 Å². The maximum Gasteiger partial charge on any atom is 0.240 e. The van der Waals surface area contributed by atoms with Gasteiger partial charge < -0.3 is 4.74 Å². The molecule has 28 heavy (non-hydrogen) atoms. The number of benzene rings is 3. The summed E-state index contributed by atoms with van der Waals surface area (Å²) in [6.45, 7) is 0.0965. The Morgan fingerprint density at radius 1 is 0.964 bits per heavy atom. The van der Waals surface area contributed by atoms with Crippen molar-refractivity contribution in [2.45, 2.75) is 15.9 Å². The van der Waals surface area contributed by atoms with Crippen molar-refractivity contribution in [3.05, 3.63) is 89.4 Å². The van der Waals surface area contributed by atoms with Crippen molar-refractivity contribution >= 4 is 33.4 Å². The largest absolute Gasteiger partial charge is 0.484 e. The van der Waals surface area contributed by atoms with Crippen LogP contribution in [-0.4, -0.2) is 21.2 Å². The Balaban J connectivity index is 1.78. The van der Waals surface area contributed by atoms with Gasteiger partial charge in [-0.05, 0) is 60.4 Å². The van der Waals surface area contributed by atoms with Crippen LogP contribution in [0.15, 0.2) is 88.7 Å². The Morgan fingerprint density at radius 2 is 1.61 bits per heavy atom. The van der Waals surface area contributed by atoms with E-state index in [1.54, 1.807) is 23.9 Å². The Kier molecular flexibility index (Phi) is 7.02. The van der Waals surface area contributed by atoms with Crippen LogP contribution in [0.3, 0.4) is 0 Å². The molecule has 0 saturated heterocycles. The van der Waals surface area contributed by atoms with Crippen LogP contribution in [0.5, 0.6) is 5.75 Å². The predicted octanol–water partition coefficient (Wildman–Crippen LogP) is 5.16. The van der Waals surface area contributed by atoms with Gasteiger partial charge in [0.25, 0.3) is 0 Å². The van der Waals surface area contributed by atoms with E-state index >= 15 is 0 Å². The van der Waals surface area contributed by atoms with E-state index in [-0.39, 0.29) is 11.4 Å². The molecule has 0 bridgehead atoms. The van der Waals surface area contributed by atoms with E-state index in [9.17, 15) is 8.42 Å². The van der Waals surface area contributed by atoms with Crippen molar-refractivity contribution in [2.75, 3.05) is 12.8 Å². The molecule has 1 N–H and O–H groups in total. The van der Waals surface area contributed by atoms with E-state index < -0.39 is 16.1 Å². The molecule has 0 amide bonds. The minimum atomic E-state index is -3.68. The smallest absolute Gasteiger partial charge is 0.240 e. The first kappa shape index (κ1) is 20.7. The second-order valence-electron chi connectivity index (χ2n) is 6.00. The lowest BCUT2D eigenvalue weighted by Gasteiger charge is -2.20. The number of thioether (sulfide) groups is 1. The highest BCUT2D eigenvalue weighted by Crippen LogP contribution is 2.25. The highest BCUT2D eigenvalue weighted by atomic mass is 35.5. The second kappa shape index (κ2) is 9.47. The van der Waals surface area contributed by atoms with Gasteiger partial charge in [0.05, 0.1) is 11.4 Å². The number of ether oxygens (including phenoxy) is 1. The van der Waals surface area contributed by atoms with Gasteiger partial charge in [0.15, 0.2) is 0 Å². The minimum absolute atomic E-state index is 0.0965. The Labute approximate surface area is 174 Å². The van der Waals surface area contributed by atoms with E-state index in [1.807, 2.05) is 60.9 Å². The molecule has 0 radical (unpaired) electrons. The van der Waals surface area contributed by atoms with E-state index in [0.29, 0.717) is 10.8 Å². The zero-order valence-electron chi connectivity index (χ0n) is 15.2. The van der Waals surface area contributed by atoms with Crippen LogP contribution in [0, 0.1) is 0 Å². The Hall–Kier alpha value is -1.99. The fourth-order valence-corrected chi connectivity index (χ4v) is 4.16.